The van der Waals surface area contributed by atoms with Crippen molar-refractivity contribution in [2.75, 3.05) is 0 Å². The van der Waals surface area contributed by atoms with Gasteiger partial charge >= 0.3 is 36.3 Å². The number of hydrogen-bond acceptors (Lipinski definition) is 2. The minimum atomic E-state index is -7.16. The van der Waals surface area contributed by atoms with Crippen LogP contribution in [0.15, 0.2) is 0 Å². The number of esters is 1. The monoisotopic (exact) mass is 332 g/mol. The molecule has 0 amide bonds. The van der Waals surface area contributed by atoms with Gasteiger partial charge in [0.2, 0.25) is 0 Å². The molecule has 0 heterocycles. The summed E-state index contributed by atoms with van der Waals surface area (Å²) in [4.78, 5) is 10.2. The van der Waals surface area contributed by atoms with Gasteiger partial charge < -0.3 is 4.74 Å². The van der Waals surface area contributed by atoms with Crippen molar-refractivity contribution in [2.24, 2.45) is 0 Å². The fraction of sp³-hybridized carbons (Fsp3) is 0.833. The molecule has 14 heteroatoms. The van der Waals surface area contributed by atoms with E-state index in [-0.39, 0.29) is 0 Å². The Hall–Kier alpha value is -1.37. The molecule has 0 saturated carbocycles. The van der Waals surface area contributed by atoms with E-state index in [0.29, 0.717) is 0 Å². The number of ether oxygens (including phenoxy) is 1. The van der Waals surface area contributed by atoms with Crippen molar-refractivity contribution in [3.63, 3.8) is 0 Å². The SMILES string of the molecule is O=C(OC(F)(F)C(F)(F)F)C(F)(C(F)(F)F)C(F)(F)F. The van der Waals surface area contributed by atoms with Gasteiger partial charge in [0.25, 0.3) is 0 Å². The number of hydrogen-bond donors (Lipinski definition) is 0. The molecule has 0 aromatic rings. The predicted octanol–water partition coefficient (Wildman–Crippen LogP) is 3.52. The van der Waals surface area contributed by atoms with Gasteiger partial charge in [-0.3, -0.25) is 0 Å². The van der Waals surface area contributed by atoms with Crippen LogP contribution in [0.25, 0.3) is 0 Å². The molecule has 120 valence electrons. The van der Waals surface area contributed by atoms with E-state index in [9.17, 15) is 57.5 Å². The first-order valence-electron chi connectivity index (χ1n) is 3.88. The normalized spacial score (nSPS) is 15.2. The Morgan fingerprint density at radius 3 is 1.10 bits per heavy atom. The van der Waals surface area contributed by atoms with Gasteiger partial charge in [-0.1, -0.05) is 0 Å². The van der Waals surface area contributed by atoms with E-state index in [1.807, 2.05) is 0 Å². The summed E-state index contributed by atoms with van der Waals surface area (Å²) in [6, 6.07) is 0. The maximum atomic E-state index is 12.7. The largest absolute Gasteiger partial charge is 0.501 e. The highest BCUT2D eigenvalue weighted by atomic mass is 19.4. The fourth-order valence-electron chi connectivity index (χ4n) is 0.637. The molecular formula is C6F12O2. The molecule has 0 aliphatic carbocycles. The number of rotatable bonds is 2. The van der Waals surface area contributed by atoms with Crippen molar-refractivity contribution in [3.05, 3.63) is 0 Å². The fourth-order valence-corrected chi connectivity index (χ4v) is 0.637. The summed E-state index contributed by atoms with van der Waals surface area (Å²) in [7, 11) is 0. The van der Waals surface area contributed by atoms with Crippen molar-refractivity contribution in [2.45, 2.75) is 30.3 Å². The second-order valence-corrected chi connectivity index (χ2v) is 3.06. The Labute approximate surface area is 99.8 Å². The molecule has 0 aliphatic heterocycles. The molecule has 0 atom stereocenters. The molecule has 0 aliphatic rings. The summed E-state index contributed by atoms with van der Waals surface area (Å²) in [6.45, 7) is 0. The smallest absolute Gasteiger partial charge is 0.391 e. The van der Waals surface area contributed by atoms with Crippen molar-refractivity contribution in [1.29, 1.82) is 0 Å². The van der Waals surface area contributed by atoms with Gasteiger partial charge in [0.05, 0.1) is 0 Å². The zero-order chi connectivity index (χ0) is 16.8. The van der Waals surface area contributed by atoms with Crippen LogP contribution in [-0.4, -0.2) is 36.3 Å². The van der Waals surface area contributed by atoms with Crippen LogP contribution in [0, 0.1) is 0 Å². The number of alkyl halides is 12. The minimum absolute atomic E-state index is 1.71. The van der Waals surface area contributed by atoms with Crippen LogP contribution in [0.3, 0.4) is 0 Å². The first-order chi connectivity index (χ1) is 8.38. The molecular weight excluding hydrogens is 332 g/mol. The third-order valence-electron chi connectivity index (χ3n) is 1.61. The maximum absolute atomic E-state index is 12.7. The van der Waals surface area contributed by atoms with Crippen LogP contribution in [0.2, 0.25) is 0 Å². The first-order valence-corrected chi connectivity index (χ1v) is 3.88. The van der Waals surface area contributed by atoms with Gasteiger partial charge in [0.1, 0.15) is 0 Å². The van der Waals surface area contributed by atoms with Gasteiger partial charge in [-0.2, -0.15) is 48.3 Å². The molecule has 0 rings (SSSR count). The number of carbonyl (C=O) groups is 1. The molecule has 0 fully saturated rings. The highest BCUT2D eigenvalue weighted by Gasteiger charge is 2.80. The average molecular weight is 332 g/mol. The highest BCUT2D eigenvalue weighted by Crippen LogP contribution is 2.48. The third-order valence-corrected chi connectivity index (χ3v) is 1.61. The lowest BCUT2D eigenvalue weighted by molar-refractivity contribution is -0.392. The van der Waals surface area contributed by atoms with Gasteiger partial charge in [-0.25, -0.2) is 9.18 Å². The lowest BCUT2D eigenvalue weighted by atomic mass is 10.1. The minimum Gasteiger partial charge on any atom is -0.391 e. The lowest BCUT2D eigenvalue weighted by Gasteiger charge is -2.29. The van der Waals surface area contributed by atoms with E-state index < -0.39 is 36.3 Å². The third kappa shape index (κ3) is 3.03. The molecule has 20 heavy (non-hydrogen) atoms. The second-order valence-electron chi connectivity index (χ2n) is 3.06. The van der Waals surface area contributed by atoms with E-state index in [2.05, 4.69) is 0 Å². The molecule has 0 spiro atoms. The first kappa shape index (κ1) is 18.6. The lowest BCUT2D eigenvalue weighted by Crippen LogP contribution is -2.61. The Morgan fingerprint density at radius 1 is 0.600 bits per heavy atom. The van der Waals surface area contributed by atoms with Crippen LogP contribution >= 0.6 is 0 Å². The molecule has 0 N–H and O–H groups in total. The summed E-state index contributed by atoms with van der Waals surface area (Å²) in [5, 5.41) is 0. The highest BCUT2D eigenvalue weighted by molar-refractivity contribution is 5.82. The van der Waals surface area contributed by atoms with Gasteiger partial charge in [-0.15, -0.1) is 0 Å². The second kappa shape index (κ2) is 4.58. The zero-order valence-electron chi connectivity index (χ0n) is 8.35. The summed E-state index contributed by atoms with van der Waals surface area (Å²) in [6.07, 6.45) is -27.9. The van der Waals surface area contributed by atoms with E-state index in [4.69, 9.17) is 0 Å². The Balaban J connectivity index is 5.65. The van der Waals surface area contributed by atoms with Crippen molar-refractivity contribution >= 4 is 5.97 Å². The van der Waals surface area contributed by atoms with Crippen LogP contribution < -0.4 is 0 Å². The molecule has 0 bridgehead atoms. The Bertz CT molecular complexity index is 359. The quantitative estimate of drug-likeness (QED) is 0.571. The van der Waals surface area contributed by atoms with E-state index >= 15 is 0 Å². The van der Waals surface area contributed by atoms with Crippen LogP contribution in [0.4, 0.5) is 52.7 Å². The Kier molecular flexibility index (Phi) is 4.27. The summed E-state index contributed by atoms with van der Waals surface area (Å²) in [5.41, 5.74) is -7.03. The van der Waals surface area contributed by atoms with Crippen LogP contribution in [-0.2, 0) is 9.53 Å². The van der Waals surface area contributed by atoms with E-state index in [0.717, 1.165) is 0 Å². The van der Waals surface area contributed by atoms with Crippen molar-refractivity contribution in [3.8, 4) is 0 Å². The molecule has 0 aromatic carbocycles. The van der Waals surface area contributed by atoms with Crippen LogP contribution in [0.5, 0.6) is 0 Å². The molecule has 0 radical (unpaired) electrons. The maximum Gasteiger partial charge on any atom is 0.501 e. The summed E-state index contributed by atoms with van der Waals surface area (Å²) < 4.78 is 144. The van der Waals surface area contributed by atoms with E-state index in [1.54, 1.807) is 4.74 Å². The zero-order valence-corrected chi connectivity index (χ0v) is 8.35. The average Bonchev–Trinajstić information content (AvgIpc) is 2.09. The number of carbonyl (C=O) groups excluding carboxylic acids is 1. The van der Waals surface area contributed by atoms with Gasteiger partial charge in [0, 0.05) is 0 Å². The Morgan fingerprint density at radius 2 is 0.900 bits per heavy atom. The topological polar surface area (TPSA) is 26.3 Å². The summed E-state index contributed by atoms with van der Waals surface area (Å²) in [5.74, 6) is -4.49. The number of halogens is 12. The van der Waals surface area contributed by atoms with E-state index in [1.165, 1.54) is 0 Å². The molecule has 0 aromatic heterocycles. The molecule has 0 saturated heterocycles. The van der Waals surface area contributed by atoms with Gasteiger partial charge in [0.15, 0.2) is 0 Å². The molecule has 2 nitrogen and oxygen atoms in total. The summed E-state index contributed by atoms with van der Waals surface area (Å²) >= 11 is 0. The van der Waals surface area contributed by atoms with Crippen molar-refractivity contribution in [1.82, 2.24) is 0 Å². The standard InChI is InChI=1S/C6F12O2/c7-2(3(8,9)10,4(11,12)13)1(19)20-6(17,18)5(14,15)16. The van der Waals surface area contributed by atoms with Crippen molar-refractivity contribution < 1.29 is 62.2 Å². The van der Waals surface area contributed by atoms with Crippen LogP contribution in [0.1, 0.15) is 0 Å². The molecule has 0 unspecified atom stereocenters. The van der Waals surface area contributed by atoms with Gasteiger partial charge in [-0.05, 0) is 0 Å². The predicted molar refractivity (Wildman–Crippen MR) is 33.0 cm³/mol.